The third-order valence-electron chi connectivity index (χ3n) is 8.92. The lowest BCUT2D eigenvalue weighted by Gasteiger charge is -2.33. The Kier molecular flexibility index (Phi) is 8.49. The minimum Gasteiger partial charge on any atom is -0.465 e. The summed E-state index contributed by atoms with van der Waals surface area (Å²) in [6.07, 6.45) is -0.0516. The number of amides is 3. The van der Waals surface area contributed by atoms with Crippen LogP contribution < -0.4 is 5.32 Å². The Balaban J connectivity index is 1.29. The first-order valence-corrected chi connectivity index (χ1v) is 15.1. The van der Waals surface area contributed by atoms with Crippen LogP contribution in [-0.2, 0) is 16.1 Å². The van der Waals surface area contributed by atoms with Crippen LogP contribution in [0, 0.1) is 5.92 Å². The Bertz CT molecular complexity index is 1740. The van der Waals surface area contributed by atoms with E-state index in [9.17, 15) is 45.8 Å². The van der Waals surface area contributed by atoms with Crippen LogP contribution in [0.3, 0.4) is 0 Å². The molecule has 11 nitrogen and oxygen atoms in total. The molecule has 2 fully saturated rings. The maximum absolute atomic E-state index is 14.0. The molecule has 3 aromatic rings. The predicted molar refractivity (Wildman–Crippen MR) is 155 cm³/mol. The third-order valence-corrected chi connectivity index (χ3v) is 8.92. The molecule has 0 spiro atoms. The molecule has 1 aromatic carbocycles. The van der Waals surface area contributed by atoms with Gasteiger partial charge in [-0.2, -0.15) is 22.7 Å². The minimum absolute atomic E-state index is 0.0333. The van der Waals surface area contributed by atoms with E-state index in [-0.39, 0.29) is 66.9 Å². The molecule has 1 saturated heterocycles. The fourth-order valence-corrected chi connectivity index (χ4v) is 6.26. The molecule has 3 amide bonds. The van der Waals surface area contributed by atoms with Gasteiger partial charge in [-0.05, 0) is 36.0 Å². The van der Waals surface area contributed by atoms with Crippen molar-refractivity contribution in [3.63, 3.8) is 0 Å². The van der Waals surface area contributed by atoms with Gasteiger partial charge >= 0.3 is 24.0 Å². The lowest BCUT2D eigenvalue weighted by atomic mass is 9.81. The number of alkyl halides is 6. The Labute approximate surface area is 269 Å². The number of benzene rings is 1. The number of carboxylic acid groups (broad SMARTS) is 1. The van der Waals surface area contributed by atoms with Gasteiger partial charge in [0.05, 0.1) is 50.3 Å². The Morgan fingerprint density at radius 3 is 2.29 bits per heavy atom. The molecule has 2 aromatic heterocycles. The Morgan fingerprint density at radius 1 is 0.979 bits per heavy atom. The van der Waals surface area contributed by atoms with Gasteiger partial charge < -0.3 is 20.1 Å². The number of halogens is 6. The monoisotopic (exact) mass is 680 g/mol. The van der Waals surface area contributed by atoms with E-state index >= 15 is 0 Å². The summed E-state index contributed by atoms with van der Waals surface area (Å²) in [5.74, 6) is -13.3. The lowest BCUT2D eigenvalue weighted by molar-refractivity contribution is -0.172. The number of likely N-dealkylation sites (tertiary alicyclic amines) is 1. The van der Waals surface area contributed by atoms with Crippen molar-refractivity contribution in [2.75, 3.05) is 26.2 Å². The maximum Gasteiger partial charge on any atom is 0.408 e. The smallest absolute Gasteiger partial charge is 0.408 e. The van der Waals surface area contributed by atoms with Gasteiger partial charge in [-0.3, -0.25) is 9.69 Å². The number of nitrogens with zero attached hydrogens (tertiary/aromatic N) is 5. The molecule has 2 N–H and O–H groups in total. The lowest BCUT2D eigenvalue weighted by Crippen LogP contribution is -2.38. The van der Waals surface area contributed by atoms with Gasteiger partial charge in [0, 0.05) is 24.0 Å². The molecule has 256 valence electrons. The molecule has 6 rings (SSSR count). The first-order valence-electron chi connectivity index (χ1n) is 15.1. The van der Waals surface area contributed by atoms with Crippen molar-refractivity contribution in [3.8, 4) is 0 Å². The Morgan fingerprint density at radius 2 is 1.65 bits per heavy atom. The molecule has 0 radical (unpaired) electrons. The number of rotatable bonds is 7. The van der Waals surface area contributed by atoms with Gasteiger partial charge in [-0.15, -0.1) is 0 Å². The van der Waals surface area contributed by atoms with Gasteiger partial charge in [-0.25, -0.2) is 27.9 Å². The normalized spacial score (nSPS) is 21.0. The van der Waals surface area contributed by atoms with E-state index in [1.54, 1.807) is 30.3 Å². The second-order valence-electron chi connectivity index (χ2n) is 12.3. The highest BCUT2D eigenvalue weighted by atomic mass is 19.3. The summed E-state index contributed by atoms with van der Waals surface area (Å²) in [6, 6.07) is 9.50. The van der Waals surface area contributed by atoms with Crippen molar-refractivity contribution in [1.82, 2.24) is 29.7 Å². The zero-order valence-corrected chi connectivity index (χ0v) is 25.2. The molecular weight excluding hydrogens is 650 g/mol. The first-order chi connectivity index (χ1) is 22.6. The summed E-state index contributed by atoms with van der Waals surface area (Å²) in [5, 5.41) is 16.6. The van der Waals surface area contributed by atoms with Crippen molar-refractivity contribution in [3.05, 3.63) is 71.2 Å². The average molecular weight is 681 g/mol. The van der Waals surface area contributed by atoms with Gasteiger partial charge in [0.15, 0.2) is 5.65 Å². The van der Waals surface area contributed by atoms with E-state index in [1.165, 1.54) is 23.0 Å². The number of imidazole rings is 1. The minimum atomic E-state index is -4.45. The average Bonchev–Trinajstić information content (AvgIpc) is 3.72. The molecule has 4 heterocycles. The van der Waals surface area contributed by atoms with Crippen LogP contribution in [0.2, 0.25) is 0 Å². The second-order valence-corrected chi connectivity index (χ2v) is 12.3. The molecule has 1 atom stereocenters. The van der Waals surface area contributed by atoms with Gasteiger partial charge in [-0.1, -0.05) is 30.3 Å². The number of nitrogens with one attached hydrogen (secondary N) is 1. The largest absolute Gasteiger partial charge is 0.465 e. The summed E-state index contributed by atoms with van der Waals surface area (Å²) < 4.78 is 90.4. The molecule has 0 bridgehead atoms. The highest BCUT2D eigenvalue weighted by Crippen LogP contribution is 2.43. The van der Waals surface area contributed by atoms with E-state index < -0.39 is 67.5 Å². The molecule has 1 saturated carbocycles. The number of carbonyl (C=O) groups is 3. The third kappa shape index (κ3) is 6.62. The molecule has 1 unspecified atom stereocenters. The zero-order chi connectivity index (χ0) is 34.4. The van der Waals surface area contributed by atoms with E-state index in [0.717, 1.165) is 10.5 Å². The van der Waals surface area contributed by atoms with Crippen LogP contribution in [0.15, 0.2) is 54.4 Å². The fourth-order valence-electron chi connectivity index (χ4n) is 6.26. The van der Waals surface area contributed by atoms with Gasteiger partial charge in [0.1, 0.15) is 6.61 Å². The molecule has 1 aliphatic carbocycles. The topological polar surface area (TPSA) is 129 Å². The molecule has 3 aliphatic rings. The van der Waals surface area contributed by atoms with Crippen LogP contribution in [-0.4, -0.2) is 91.5 Å². The number of hydrogen-bond acceptors (Lipinski definition) is 6. The van der Waals surface area contributed by atoms with Crippen LogP contribution in [0.1, 0.15) is 48.5 Å². The van der Waals surface area contributed by atoms with Crippen LogP contribution in [0.25, 0.3) is 11.2 Å². The van der Waals surface area contributed by atoms with Gasteiger partial charge in [0.25, 0.3) is 5.91 Å². The first kappa shape index (κ1) is 33.1. The van der Waals surface area contributed by atoms with E-state index in [0.29, 0.717) is 4.90 Å². The maximum atomic E-state index is 14.0. The quantitative estimate of drug-likeness (QED) is 0.321. The number of aromatic nitrogens is 3. The van der Waals surface area contributed by atoms with E-state index in [1.807, 2.05) is 0 Å². The highest BCUT2D eigenvalue weighted by molar-refractivity contribution is 6.04. The van der Waals surface area contributed by atoms with E-state index in [2.05, 4.69) is 15.4 Å². The summed E-state index contributed by atoms with van der Waals surface area (Å²) in [4.78, 5) is 43.6. The van der Waals surface area contributed by atoms with Crippen LogP contribution >= 0.6 is 0 Å². The molecule has 48 heavy (non-hydrogen) atoms. The standard InChI is InChI=1S/C31H30F6N6O5/c32-29(33)8-6-19(7-9-29)25(40-27(45)48-15-18-4-2-1-3-5-18)23-14-43-24(39-23)10-20(11-38-43)21-12-41(28(46)47)13-22(21)26(44)42-16-30(34,35)31(36,37)17-42/h1-5,10-11,14,19,25H,6-9,12-13,15-17H2,(H,40,45)(H,46,47). The molecule has 17 heteroatoms. The van der Waals surface area contributed by atoms with Crippen LogP contribution in [0.5, 0.6) is 0 Å². The number of alkyl carbamates (subject to hydrolysis) is 1. The number of carbonyl (C=O) groups excluding carboxylic acids is 2. The summed E-state index contributed by atoms with van der Waals surface area (Å²) in [6.45, 7) is -3.96. The van der Waals surface area contributed by atoms with Gasteiger partial charge in [0.2, 0.25) is 5.92 Å². The highest BCUT2D eigenvalue weighted by Gasteiger charge is 2.64. The van der Waals surface area contributed by atoms with Crippen molar-refractivity contribution < 1.29 is 50.6 Å². The Hall–Kier alpha value is -4.83. The predicted octanol–water partition coefficient (Wildman–Crippen LogP) is 5.38. The van der Waals surface area contributed by atoms with E-state index in [4.69, 9.17) is 4.74 Å². The number of fused-ring (bicyclic) bond motifs is 1. The van der Waals surface area contributed by atoms with Crippen molar-refractivity contribution >= 4 is 29.3 Å². The summed E-state index contributed by atoms with van der Waals surface area (Å²) in [5.41, 5.74) is 1.19. The van der Waals surface area contributed by atoms with Crippen molar-refractivity contribution in [2.24, 2.45) is 5.92 Å². The fraction of sp³-hybridized carbons (Fsp3) is 0.452. The molecular formula is C31H30F6N6O5. The zero-order valence-electron chi connectivity index (χ0n) is 25.2. The number of hydrogen-bond donors (Lipinski definition) is 2. The number of ether oxygens (including phenoxy) is 1. The SMILES string of the molecule is O=C(NC(c1cn2ncc(C3=C(C(=O)N4CC(F)(F)C(F)(F)C4)CN(C(=O)O)C3)cc2n1)C1CCC(F)(F)CC1)OCc1ccccc1. The summed E-state index contributed by atoms with van der Waals surface area (Å²) in [7, 11) is 0. The summed E-state index contributed by atoms with van der Waals surface area (Å²) >= 11 is 0. The molecule has 2 aliphatic heterocycles. The second kappa shape index (κ2) is 12.3. The van der Waals surface area contributed by atoms with Crippen LogP contribution in [0.4, 0.5) is 35.9 Å². The van der Waals surface area contributed by atoms with Crippen molar-refractivity contribution in [1.29, 1.82) is 0 Å². The van der Waals surface area contributed by atoms with Crippen molar-refractivity contribution in [2.45, 2.75) is 56.1 Å².